The van der Waals surface area contributed by atoms with E-state index in [0.717, 1.165) is 10.4 Å². The second-order valence-electron chi connectivity index (χ2n) is 5.76. The third kappa shape index (κ3) is 4.50. The van der Waals surface area contributed by atoms with Crippen molar-refractivity contribution in [3.8, 4) is 0 Å². The normalized spacial score (nSPS) is 11.1. The molecular weight excluding hydrogens is 368 g/mol. The van der Waals surface area contributed by atoms with E-state index in [-0.39, 0.29) is 10.8 Å². The van der Waals surface area contributed by atoms with Crippen LogP contribution >= 0.6 is 11.3 Å². The first kappa shape index (κ1) is 18.2. The Labute approximate surface area is 156 Å². The fourth-order valence-corrected chi connectivity index (χ4v) is 4.01. The number of aryl methyl sites for hydroxylation is 1. The SMILES string of the molecule is Cc1ccc(S(=O)(=O)Nc2ccc(C(=O)NCc3cccs3)cc2)cc1. The molecule has 0 bridgehead atoms. The van der Waals surface area contributed by atoms with E-state index in [1.165, 1.54) is 0 Å². The number of anilines is 1. The Bertz CT molecular complexity index is 978. The van der Waals surface area contributed by atoms with Crippen LogP contribution in [0.25, 0.3) is 0 Å². The summed E-state index contributed by atoms with van der Waals surface area (Å²) in [7, 11) is -3.65. The number of nitrogens with one attached hydrogen (secondary N) is 2. The molecule has 26 heavy (non-hydrogen) atoms. The third-order valence-corrected chi connectivity index (χ3v) is 6.01. The molecule has 0 spiro atoms. The van der Waals surface area contributed by atoms with Crippen LogP contribution in [0.3, 0.4) is 0 Å². The predicted molar refractivity (Wildman–Crippen MR) is 104 cm³/mol. The van der Waals surface area contributed by atoms with Gasteiger partial charge in [-0.05, 0) is 54.8 Å². The van der Waals surface area contributed by atoms with Crippen LogP contribution in [0.2, 0.25) is 0 Å². The monoisotopic (exact) mass is 386 g/mol. The van der Waals surface area contributed by atoms with Crippen LogP contribution < -0.4 is 10.0 Å². The van der Waals surface area contributed by atoms with Crippen molar-refractivity contribution < 1.29 is 13.2 Å². The van der Waals surface area contributed by atoms with E-state index < -0.39 is 10.0 Å². The molecule has 7 heteroatoms. The van der Waals surface area contributed by atoms with Crippen LogP contribution in [-0.2, 0) is 16.6 Å². The third-order valence-electron chi connectivity index (χ3n) is 3.73. The van der Waals surface area contributed by atoms with Crippen LogP contribution in [0, 0.1) is 6.92 Å². The summed E-state index contributed by atoms with van der Waals surface area (Å²) in [5.41, 5.74) is 1.86. The van der Waals surface area contributed by atoms with E-state index in [0.29, 0.717) is 17.8 Å². The molecule has 3 rings (SSSR count). The van der Waals surface area contributed by atoms with Crippen LogP contribution in [0.5, 0.6) is 0 Å². The quantitative estimate of drug-likeness (QED) is 0.677. The molecule has 0 unspecified atom stereocenters. The van der Waals surface area contributed by atoms with Crippen molar-refractivity contribution in [1.29, 1.82) is 0 Å². The van der Waals surface area contributed by atoms with Gasteiger partial charge in [0.2, 0.25) is 0 Å². The van der Waals surface area contributed by atoms with Crippen LogP contribution in [0.4, 0.5) is 5.69 Å². The molecule has 1 aromatic heterocycles. The van der Waals surface area contributed by atoms with Gasteiger partial charge in [0.25, 0.3) is 15.9 Å². The van der Waals surface area contributed by atoms with E-state index in [2.05, 4.69) is 10.0 Å². The van der Waals surface area contributed by atoms with Gasteiger partial charge in [-0.25, -0.2) is 8.42 Å². The molecule has 1 heterocycles. The molecule has 2 aromatic carbocycles. The summed E-state index contributed by atoms with van der Waals surface area (Å²) in [5, 5.41) is 4.79. The van der Waals surface area contributed by atoms with Gasteiger partial charge >= 0.3 is 0 Å². The highest BCUT2D eigenvalue weighted by Crippen LogP contribution is 2.17. The number of rotatable bonds is 6. The standard InChI is InChI=1S/C19H18N2O3S2/c1-14-4-10-18(11-5-14)26(23,24)21-16-8-6-15(7-9-16)19(22)20-13-17-3-2-12-25-17/h2-12,21H,13H2,1H3,(H,20,22). The largest absolute Gasteiger partial charge is 0.347 e. The number of thiophene rings is 1. The Morgan fingerprint density at radius 1 is 1.00 bits per heavy atom. The summed E-state index contributed by atoms with van der Waals surface area (Å²) in [6, 6.07) is 16.8. The van der Waals surface area contributed by atoms with Crippen molar-refractivity contribution in [2.75, 3.05) is 4.72 Å². The molecular formula is C19H18N2O3S2. The lowest BCUT2D eigenvalue weighted by molar-refractivity contribution is 0.0951. The zero-order valence-corrected chi connectivity index (χ0v) is 15.7. The lowest BCUT2D eigenvalue weighted by atomic mass is 10.2. The van der Waals surface area contributed by atoms with Crippen molar-refractivity contribution in [1.82, 2.24) is 5.32 Å². The topological polar surface area (TPSA) is 75.3 Å². The Morgan fingerprint density at radius 3 is 2.31 bits per heavy atom. The number of carbonyl (C=O) groups is 1. The van der Waals surface area contributed by atoms with Gasteiger partial charge in [-0.2, -0.15) is 0 Å². The molecule has 0 aliphatic heterocycles. The average Bonchev–Trinajstić information content (AvgIpc) is 3.14. The highest BCUT2D eigenvalue weighted by Gasteiger charge is 2.14. The molecule has 3 aromatic rings. The van der Waals surface area contributed by atoms with Crippen LogP contribution in [0.1, 0.15) is 20.8 Å². The molecule has 134 valence electrons. The summed E-state index contributed by atoms with van der Waals surface area (Å²) in [6.07, 6.45) is 0. The molecule has 1 amide bonds. The van der Waals surface area contributed by atoms with Gasteiger partial charge in [0.1, 0.15) is 0 Å². The Hall–Kier alpha value is -2.64. The number of hydrogen-bond acceptors (Lipinski definition) is 4. The lowest BCUT2D eigenvalue weighted by Crippen LogP contribution is -2.22. The smallest absolute Gasteiger partial charge is 0.261 e. The first-order valence-electron chi connectivity index (χ1n) is 7.94. The van der Waals surface area contributed by atoms with Crippen LogP contribution in [-0.4, -0.2) is 14.3 Å². The molecule has 0 atom stereocenters. The van der Waals surface area contributed by atoms with Gasteiger partial charge in [-0.1, -0.05) is 23.8 Å². The van der Waals surface area contributed by atoms with Crippen LogP contribution in [0.15, 0.2) is 70.9 Å². The summed E-state index contributed by atoms with van der Waals surface area (Å²) in [5.74, 6) is -0.202. The Balaban J connectivity index is 1.65. The van der Waals surface area contributed by atoms with Crippen molar-refractivity contribution >= 4 is 33.0 Å². The molecule has 0 radical (unpaired) electrons. The first-order valence-corrected chi connectivity index (χ1v) is 10.3. The van der Waals surface area contributed by atoms with Crippen molar-refractivity contribution in [2.45, 2.75) is 18.4 Å². The minimum Gasteiger partial charge on any atom is -0.347 e. The zero-order chi connectivity index (χ0) is 18.6. The van der Waals surface area contributed by atoms with Crippen molar-refractivity contribution in [2.24, 2.45) is 0 Å². The van der Waals surface area contributed by atoms with Crippen molar-refractivity contribution in [3.05, 3.63) is 82.0 Å². The maximum absolute atomic E-state index is 12.4. The maximum atomic E-state index is 12.4. The molecule has 0 saturated carbocycles. The van der Waals surface area contributed by atoms with Gasteiger partial charge in [-0.15, -0.1) is 11.3 Å². The van der Waals surface area contributed by atoms with E-state index in [1.807, 2.05) is 24.4 Å². The second kappa shape index (κ2) is 7.72. The summed E-state index contributed by atoms with van der Waals surface area (Å²) in [6.45, 7) is 2.37. The number of sulfonamides is 1. The highest BCUT2D eigenvalue weighted by atomic mass is 32.2. The minimum absolute atomic E-state index is 0.195. The molecule has 0 aliphatic carbocycles. The van der Waals surface area contributed by atoms with E-state index >= 15 is 0 Å². The fraction of sp³-hybridized carbons (Fsp3) is 0.105. The zero-order valence-electron chi connectivity index (χ0n) is 14.1. The Kier molecular flexibility index (Phi) is 5.39. The number of carbonyl (C=O) groups excluding carboxylic acids is 1. The first-order chi connectivity index (χ1) is 12.4. The van der Waals surface area contributed by atoms with Gasteiger partial charge in [0, 0.05) is 16.1 Å². The summed E-state index contributed by atoms with van der Waals surface area (Å²) < 4.78 is 27.3. The maximum Gasteiger partial charge on any atom is 0.261 e. The lowest BCUT2D eigenvalue weighted by Gasteiger charge is -2.09. The molecule has 5 nitrogen and oxygen atoms in total. The minimum atomic E-state index is -3.65. The van der Waals surface area contributed by atoms with E-state index in [9.17, 15) is 13.2 Å². The van der Waals surface area contributed by atoms with Gasteiger partial charge in [0.15, 0.2) is 0 Å². The summed E-state index contributed by atoms with van der Waals surface area (Å²) in [4.78, 5) is 13.4. The predicted octanol–water partition coefficient (Wildman–Crippen LogP) is 3.79. The van der Waals surface area contributed by atoms with Gasteiger partial charge in [-0.3, -0.25) is 9.52 Å². The fourth-order valence-electron chi connectivity index (χ4n) is 2.30. The molecule has 0 saturated heterocycles. The highest BCUT2D eigenvalue weighted by molar-refractivity contribution is 7.92. The second-order valence-corrected chi connectivity index (χ2v) is 8.47. The van der Waals surface area contributed by atoms with Crippen molar-refractivity contribution in [3.63, 3.8) is 0 Å². The Morgan fingerprint density at radius 2 is 1.69 bits per heavy atom. The summed E-state index contributed by atoms with van der Waals surface area (Å²) >= 11 is 1.58. The van der Waals surface area contributed by atoms with E-state index in [4.69, 9.17) is 0 Å². The van der Waals surface area contributed by atoms with Gasteiger partial charge in [0.05, 0.1) is 11.4 Å². The van der Waals surface area contributed by atoms with Gasteiger partial charge < -0.3 is 5.32 Å². The molecule has 0 aliphatic rings. The molecule has 2 N–H and O–H groups in total. The van der Waals surface area contributed by atoms with E-state index in [1.54, 1.807) is 59.9 Å². The number of hydrogen-bond donors (Lipinski definition) is 2. The number of amides is 1. The molecule has 0 fully saturated rings. The number of benzene rings is 2. The average molecular weight is 386 g/mol.